The van der Waals surface area contributed by atoms with Gasteiger partial charge in [0, 0.05) is 31.4 Å². The van der Waals surface area contributed by atoms with E-state index in [4.69, 9.17) is 4.98 Å². The molecule has 0 saturated heterocycles. The number of carbonyl (C=O) groups is 1. The topological polar surface area (TPSA) is 156 Å². The van der Waals surface area contributed by atoms with E-state index < -0.39 is 9.84 Å². The Morgan fingerprint density at radius 2 is 1.85 bits per heavy atom. The van der Waals surface area contributed by atoms with Crippen LogP contribution >= 0.6 is 0 Å². The Labute approximate surface area is 227 Å². The molecule has 1 N–H and O–H groups in total. The third kappa shape index (κ3) is 5.77. The van der Waals surface area contributed by atoms with Crippen LogP contribution in [0.4, 0.5) is 11.5 Å². The molecule has 0 bridgehead atoms. The first kappa shape index (κ1) is 26.7. The molecule has 0 unspecified atom stereocenters. The lowest BCUT2D eigenvalue weighted by molar-refractivity contribution is -0.102. The Balaban J connectivity index is 1.43. The molecule has 3 aromatic rings. The fourth-order valence-corrected chi connectivity index (χ4v) is 5.14. The molecule has 0 amide bonds. The lowest BCUT2D eigenvalue weighted by atomic mass is 9.92. The van der Waals surface area contributed by atoms with Crippen LogP contribution in [0, 0.1) is 6.92 Å². The summed E-state index contributed by atoms with van der Waals surface area (Å²) in [4.78, 5) is 45.1. The molecule has 204 valence electrons. The normalized spacial score (nSPS) is 16.0. The van der Waals surface area contributed by atoms with E-state index in [9.17, 15) is 13.2 Å². The van der Waals surface area contributed by atoms with Crippen LogP contribution in [0.5, 0.6) is 0 Å². The van der Waals surface area contributed by atoms with Gasteiger partial charge in [-0.2, -0.15) is 0 Å². The Morgan fingerprint density at radius 1 is 1.10 bits per heavy atom. The zero-order valence-electron chi connectivity index (χ0n) is 22.2. The number of hydrogen-bond acceptors (Lipinski definition) is 11. The molecule has 39 heavy (non-hydrogen) atoms. The van der Waals surface area contributed by atoms with Gasteiger partial charge in [0.25, 0.3) is 0 Å². The Kier molecular flexibility index (Phi) is 7.60. The predicted octanol–water partition coefficient (Wildman–Crippen LogP) is 2.90. The molecule has 5 rings (SSSR count). The quantitative estimate of drug-likeness (QED) is 0.225. The SMILES string of the molecule is CCS(=O)(=O)c1cnc(CN=C(C=O)Nc2cnc(-c3c(C)ncnc3C3CC3)nc2N(C)C2CCC2)nc1. The number of sulfone groups is 1. The molecule has 2 fully saturated rings. The third-order valence-electron chi connectivity index (χ3n) is 7.16. The van der Waals surface area contributed by atoms with Crippen LogP contribution in [0.2, 0.25) is 0 Å². The van der Waals surface area contributed by atoms with Gasteiger partial charge in [0.1, 0.15) is 29.3 Å². The van der Waals surface area contributed by atoms with Crippen LogP contribution in [0.25, 0.3) is 11.4 Å². The first-order chi connectivity index (χ1) is 18.8. The summed E-state index contributed by atoms with van der Waals surface area (Å²) < 4.78 is 24.0. The second-order valence-electron chi connectivity index (χ2n) is 9.80. The molecule has 2 aliphatic rings. The molecule has 0 radical (unpaired) electrons. The van der Waals surface area contributed by atoms with Crippen LogP contribution in [0.15, 0.2) is 34.8 Å². The highest BCUT2D eigenvalue weighted by Crippen LogP contribution is 2.43. The highest BCUT2D eigenvalue weighted by molar-refractivity contribution is 7.91. The fourth-order valence-electron chi connectivity index (χ4n) is 4.38. The molecular weight excluding hydrogens is 518 g/mol. The minimum Gasteiger partial charge on any atom is -0.355 e. The second-order valence-corrected chi connectivity index (χ2v) is 12.1. The van der Waals surface area contributed by atoms with Crippen LogP contribution in [0.1, 0.15) is 62.2 Å². The van der Waals surface area contributed by atoms with E-state index in [-0.39, 0.29) is 28.9 Å². The summed E-state index contributed by atoms with van der Waals surface area (Å²) in [6.45, 7) is 3.49. The van der Waals surface area contributed by atoms with Gasteiger partial charge in [0.15, 0.2) is 33.6 Å². The van der Waals surface area contributed by atoms with Crippen molar-refractivity contribution in [1.82, 2.24) is 29.9 Å². The lowest BCUT2D eigenvalue weighted by Crippen LogP contribution is -2.38. The highest BCUT2D eigenvalue weighted by Gasteiger charge is 2.31. The number of aliphatic imine (C=N–C) groups is 1. The molecule has 12 nitrogen and oxygen atoms in total. The van der Waals surface area contributed by atoms with Crippen molar-refractivity contribution in [3.8, 4) is 11.4 Å². The van der Waals surface area contributed by atoms with Crippen molar-refractivity contribution in [2.24, 2.45) is 4.99 Å². The number of aryl methyl sites for hydroxylation is 1. The first-order valence-electron chi connectivity index (χ1n) is 13.0. The van der Waals surface area contributed by atoms with E-state index in [1.807, 2.05) is 14.0 Å². The average Bonchev–Trinajstić information content (AvgIpc) is 3.76. The summed E-state index contributed by atoms with van der Waals surface area (Å²) in [5.41, 5.74) is 3.22. The number of rotatable bonds is 10. The summed E-state index contributed by atoms with van der Waals surface area (Å²) in [5.74, 6) is 1.93. The van der Waals surface area contributed by atoms with Crippen molar-refractivity contribution in [3.63, 3.8) is 0 Å². The van der Waals surface area contributed by atoms with Gasteiger partial charge in [-0.25, -0.2) is 38.3 Å². The number of hydrogen-bond donors (Lipinski definition) is 1. The van der Waals surface area contributed by atoms with Gasteiger partial charge in [-0.15, -0.1) is 0 Å². The molecule has 2 saturated carbocycles. The maximum absolute atomic E-state index is 12.0. The maximum atomic E-state index is 12.0. The van der Waals surface area contributed by atoms with E-state index in [1.54, 1.807) is 19.4 Å². The molecule has 3 aromatic heterocycles. The van der Waals surface area contributed by atoms with Gasteiger partial charge in [-0.1, -0.05) is 6.92 Å². The Bertz CT molecular complexity index is 1500. The Hall–Kier alpha value is -3.87. The van der Waals surface area contributed by atoms with Gasteiger partial charge in [-0.3, -0.25) is 9.79 Å². The summed E-state index contributed by atoms with van der Waals surface area (Å²) in [5, 5.41) is 3.07. The van der Waals surface area contributed by atoms with Gasteiger partial charge < -0.3 is 10.2 Å². The molecule has 13 heteroatoms. The number of amidine groups is 1. The first-order valence-corrected chi connectivity index (χ1v) is 14.7. The molecule has 0 aromatic carbocycles. The summed E-state index contributed by atoms with van der Waals surface area (Å²) >= 11 is 0. The second kappa shape index (κ2) is 11.1. The number of nitrogens with one attached hydrogen (secondary N) is 1. The number of nitrogens with zero attached hydrogens (tertiary/aromatic N) is 8. The predicted molar refractivity (Wildman–Crippen MR) is 146 cm³/mol. The Morgan fingerprint density at radius 3 is 2.46 bits per heavy atom. The minimum absolute atomic E-state index is 0.00837. The van der Waals surface area contributed by atoms with Crippen molar-refractivity contribution in [2.75, 3.05) is 23.0 Å². The molecule has 0 atom stereocenters. The monoisotopic (exact) mass is 549 g/mol. The van der Waals surface area contributed by atoms with Crippen molar-refractivity contribution in [1.29, 1.82) is 0 Å². The van der Waals surface area contributed by atoms with E-state index in [1.165, 1.54) is 12.4 Å². The summed E-state index contributed by atoms with van der Waals surface area (Å²) in [6, 6.07) is 0.340. The fraction of sp³-hybridized carbons (Fsp3) is 0.462. The highest BCUT2D eigenvalue weighted by atomic mass is 32.2. The van der Waals surface area contributed by atoms with Crippen molar-refractivity contribution in [3.05, 3.63) is 42.1 Å². The number of aromatic nitrogens is 6. The van der Waals surface area contributed by atoms with Crippen LogP contribution in [0.3, 0.4) is 0 Å². The van der Waals surface area contributed by atoms with E-state index >= 15 is 0 Å². The van der Waals surface area contributed by atoms with Crippen molar-refractivity contribution in [2.45, 2.75) is 69.4 Å². The zero-order chi connectivity index (χ0) is 27.6. The van der Waals surface area contributed by atoms with Crippen molar-refractivity contribution < 1.29 is 13.2 Å². The van der Waals surface area contributed by atoms with Gasteiger partial charge in [-0.05, 0) is 39.0 Å². The van der Waals surface area contributed by atoms with Crippen LogP contribution in [-0.2, 0) is 21.2 Å². The maximum Gasteiger partial charge on any atom is 0.185 e. The molecular formula is C26H31N9O3S. The van der Waals surface area contributed by atoms with Crippen LogP contribution < -0.4 is 10.2 Å². The van der Waals surface area contributed by atoms with Gasteiger partial charge >= 0.3 is 0 Å². The molecule has 3 heterocycles. The van der Waals surface area contributed by atoms with Gasteiger partial charge in [0.05, 0.1) is 28.9 Å². The van der Waals surface area contributed by atoms with E-state index in [2.05, 4.69) is 40.1 Å². The smallest absolute Gasteiger partial charge is 0.185 e. The van der Waals surface area contributed by atoms with E-state index in [0.29, 0.717) is 35.6 Å². The van der Waals surface area contributed by atoms with E-state index in [0.717, 1.165) is 49.1 Å². The minimum atomic E-state index is -3.40. The molecule has 2 aliphatic carbocycles. The largest absolute Gasteiger partial charge is 0.355 e. The summed E-state index contributed by atoms with van der Waals surface area (Å²) in [7, 11) is -1.40. The molecule has 0 spiro atoms. The van der Waals surface area contributed by atoms with Crippen molar-refractivity contribution >= 4 is 33.5 Å². The summed E-state index contributed by atoms with van der Waals surface area (Å²) in [6.07, 6.45) is 11.9. The number of aldehydes is 1. The third-order valence-corrected chi connectivity index (χ3v) is 8.85. The number of carbonyl (C=O) groups excluding carboxylic acids is 1. The number of anilines is 2. The standard InChI is InChI=1S/C26H31N9O3S/c1-4-39(37,38)19-10-27-21(28-11-19)13-29-22(14-36)33-20-12-30-25(34-26(20)35(3)18-6-5-7-18)23-16(2)31-15-32-24(23)17-8-9-17/h10-12,14-15,17-18H,4-9,13H2,1-3H3,(H,29,33). The zero-order valence-corrected chi connectivity index (χ0v) is 23.0. The average molecular weight is 550 g/mol. The van der Waals surface area contributed by atoms with Crippen LogP contribution in [-0.4, -0.2) is 69.3 Å². The van der Waals surface area contributed by atoms with Gasteiger partial charge in [0.2, 0.25) is 0 Å². The lowest BCUT2D eigenvalue weighted by Gasteiger charge is -2.36. The molecule has 0 aliphatic heterocycles.